The molecule has 0 saturated carbocycles. The predicted molar refractivity (Wildman–Crippen MR) is 252 cm³/mol. The maximum atomic E-state index is 16.4. The molecule has 4 heterocycles. The Bertz CT molecular complexity index is 3400. The fourth-order valence-corrected chi connectivity index (χ4v) is 18.3. The normalized spacial score (nSPS) is 24.8. The maximum Gasteiger partial charge on any atom is 0.303 e. The van der Waals surface area contributed by atoms with Gasteiger partial charge in [-0.15, -0.1) is 0 Å². The summed E-state index contributed by atoms with van der Waals surface area (Å²) >= 11 is 0. The van der Waals surface area contributed by atoms with Crippen LogP contribution in [0.3, 0.4) is 0 Å². The fraction of sp³-hybridized carbons (Fsp3) is 0.0943. The van der Waals surface area contributed by atoms with Crippen molar-refractivity contribution in [3.8, 4) is 56.4 Å². The lowest BCUT2D eigenvalue weighted by molar-refractivity contribution is 0.402. The van der Waals surface area contributed by atoms with Gasteiger partial charge in [0.1, 0.15) is 28.8 Å². The molecule has 314 valence electrons. The zero-order chi connectivity index (χ0) is 43.4. The standard InChI is InChI=1S/C53H39O8P3/c54-45-19-7-1-13-36(45)39-16-5-11-23-49(39)62(56)32-34-31-35(63(57)50-24-12-6-17-40(50)37-14-3-9-21-47(37)59-63)26-28-42(52(34)61-62)44-29-33-25-27-41-38-15-4-10-22-48(38)60-64(58,51(41)30-33)53(44)43-18-2-8-20-46(43)55/h1-25,27-28,30-31,44,53-55H,26,29,32H2. The minimum Gasteiger partial charge on any atom is -0.508 e. The Hall–Kier alpha value is -6.55. The van der Waals surface area contributed by atoms with E-state index in [1.54, 1.807) is 48.5 Å². The third-order valence-corrected chi connectivity index (χ3v) is 21.0. The molecule has 0 radical (unpaired) electrons. The SMILES string of the molecule is O=P1(c2ccccc2-c2ccccc2O)CC2=C(O1)C(C1Cc3ccc4c(c3)P(=O)(Oc3ccccc3-4)C1c1ccccc1O)=CCC(P1(=O)Oc3ccccc3-c3ccccc31)=C2. The molecule has 7 aromatic rings. The largest absolute Gasteiger partial charge is 0.508 e. The number of phenols is 2. The molecule has 0 spiro atoms. The van der Waals surface area contributed by atoms with Crippen molar-refractivity contribution in [2.75, 3.05) is 6.16 Å². The molecule has 64 heavy (non-hydrogen) atoms. The van der Waals surface area contributed by atoms with Crippen LogP contribution in [-0.4, -0.2) is 16.4 Å². The number of benzene rings is 7. The number of fused-ring (bicyclic) bond motifs is 6. The van der Waals surface area contributed by atoms with Gasteiger partial charge >= 0.3 is 7.37 Å². The molecule has 7 aromatic carbocycles. The zero-order valence-corrected chi connectivity index (χ0v) is 36.9. The van der Waals surface area contributed by atoms with Crippen LogP contribution in [0.25, 0.3) is 33.4 Å². The summed E-state index contributed by atoms with van der Waals surface area (Å²) in [5.74, 6) is 0.666. The topological polar surface area (TPSA) is 119 Å². The Morgan fingerprint density at radius 1 is 0.531 bits per heavy atom. The van der Waals surface area contributed by atoms with E-state index in [9.17, 15) is 10.2 Å². The lowest BCUT2D eigenvalue weighted by Crippen LogP contribution is -2.26. The Morgan fingerprint density at radius 3 is 1.83 bits per heavy atom. The summed E-state index contributed by atoms with van der Waals surface area (Å²) in [5.41, 5.74) is 5.96. The number of para-hydroxylation sites is 4. The van der Waals surface area contributed by atoms with Crippen LogP contribution in [0.4, 0.5) is 0 Å². The van der Waals surface area contributed by atoms with E-state index in [0.29, 0.717) is 72.7 Å². The lowest BCUT2D eigenvalue weighted by Gasteiger charge is -2.37. The molecular weight excluding hydrogens is 857 g/mol. The highest BCUT2D eigenvalue weighted by molar-refractivity contribution is 7.72. The average molecular weight is 897 g/mol. The van der Waals surface area contributed by atoms with Crippen molar-refractivity contribution in [2.45, 2.75) is 18.5 Å². The number of allylic oxidation sites excluding steroid dienone is 5. The lowest BCUT2D eigenvalue weighted by atomic mass is 9.83. The van der Waals surface area contributed by atoms with Gasteiger partial charge in [0.25, 0.3) is 14.7 Å². The smallest absolute Gasteiger partial charge is 0.303 e. The highest BCUT2D eigenvalue weighted by Crippen LogP contribution is 2.71. The quantitative estimate of drug-likeness (QED) is 0.164. The second-order valence-electron chi connectivity index (χ2n) is 16.8. The summed E-state index contributed by atoms with van der Waals surface area (Å²) in [6.45, 7) is 0. The molecule has 5 atom stereocenters. The van der Waals surface area contributed by atoms with Gasteiger partial charge in [0.05, 0.1) is 27.7 Å². The van der Waals surface area contributed by atoms with Gasteiger partial charge in [0.15, 0.2) is 0 Å². The van der Waals surface area contributed by atoms with Crippen molar-refractivity contribution < 1.29 is 37.5 Å². The van der Waals surface area contributed by atoms with Gasteiger partial charge < -0.3 is 23.8 Å². The van der Waals surface area contributed by atoms with Gasteiger partial charge in [0, 0.05) is 39.1 Å². The van der Waals surface area contributed by atoms with Gasteiger partial charge in [0.2, 0.25) is 0 Å². The highest BCUT2D eigenvalue weighted by atomic mass is 31.2. The van der Waals surface area contributed by atoms with E-state index < -0.39 is 33.7 Å². The van der Waals surface area contributed by atoms with Gasteiger partial charge in [-0.2, -0.15) is 0 Å². The Balaban J connectivity index is 1.07. The molecule has 8 nitrogen and oxygen atoms in total. The Kier molecular flexibility index (Phi) is 8.85. The molecule has 5 aliphatic rings. The molecule has 11 heteroatoms. The number of hydrogen-bond acceptors (Lipinski definition) is 8. The third kappa shape index (κ3) is 5.86. The number of rotatable bonds is 5. The van der Waals surface area contributed by atoms with Crippen molar-refractivity contribution in [2.24, 2.45) is 5.92 Å². The summed E-state index contributed by atoms with van der Waals surface area (Å²) < 4.78 is 68.7. The average Bonchev–Trinajstić information content (AvgIpc) is 3.48. The molecule has 5 unspecified atom stereocenters. The van der Waals surface area contributed by atoms with E-state index in [2.05, 4.69) is 0 Å². The molecule has 2 bridgehead atoms. The summed E-state index contributed by atoms with van der Waals surface area (Å²) in [4.78, 5) is 0. The molecule has 2 N–H and O–H groups in total. The minimum absolute atomic E-state index is 0.0288. The van der Waals surface area contributed by atoms with Crippen molar-refractivity contribution in [3.05, 3.63) is 209 Å². The van der Waals surface area contributed by atoms with E-state index in [1.807, 2.05) is 127 Å². The van der Waals surface area contributed by atoms with E-state index in [0.717, 1.165) is 27.8 Å². The second kappa shape index (κ2) is 14.5. The zero-order valence-electron chi connectivity index (χ0n) is 34.2. The molecule has 0 amide bonds. The molecule has 0 fully saturated rings. The molecule has 1 aliphatic carbocycles. The second-order valence-corrected chi connectivity index (χ2v) is 23.9. The highest BCUT2D eigenvalue weighted by Gasteiger charge is 2.53. The van der Waals surface area contributed by atoms with Crippen LogP contribution in [0.2, 0.25) is 0 Å². The summed E-state index contributed by atoms with van der Waals surface area (Å²) in [7, 11) is -11.7. The van der Waals surface area contributed by atoms with Gasteiger partial charge in [-0.3, -0.25) is 13.7 Å². The Labute approximate surface area is 370 Å². The van der Waals surface area contributed by atoms with Crippen LogP contribution >= 0.6 is 22.1 Å². The van der Waals surface area contributed by atoms with Crippen molar-refractivity contribution in [1.82, 2.24) is 0 Å². The monoisotopic (exact) mass is 896 g/mol. The first-order valence-corrected chi connectivity index (χ1v) is 26.4. The number of phenolic OH excluding ortho intramolecular Hbond substituents is 2. The maximum absolute atomic E-state index is 16.4. The number of aromatic hydroxyl groups is 2. The van der Waals surface area contributed by atoms with Crippen LogP contribution in [-0.2, 0) is 24.6 Å². The van der Waals surface area contributed by atoms with Crippen LogP contribution in [0, 0.1) is 5.92 Å². The van der Waals surface area contributed by atoms with Crippen LogP contribution < -0.4 is 25.0 Å². The van der Waals surface area contributed by atoms with Crippen molar-refractivity contribution in [3.63, 3.8) is 0 Å². The molecule has 4 aliphatic heterocycles. The molecule has 0 saturated heterocycles. The summed E-state index contributed by atoms with van der Waals surface area (Å²) in [6, 6.07) is 49.9. The van der Waals surface area contributed by atoms with E-state index >= 15 is 13.7 Å². The first kappa shape index (κ1) is 39.1. The fourth-order valence-electron chi connectivity index (χ4n) is 10.3. The van der Waals surface area contributed by atoms with Crippen LogP contribution in [0.1, 0.15) is 23.2 Å². The van der Waals surface area contributed by atoms with Gasteiger partial charge in [-0.05, 0) is 89.2 Å². The van der Waals surface area contributed by atoms with E-state index in [-0.39, 0.29) is 24.1 Å². The third-order valence-electron chi connectivity index (χ3n) is 13.2. The first-order valence-electron chi connectivity index (χ1n) is 21.2. The first-order chi connectivity index (χ1) is 31.1. The van der Waals surface area contributed by atoms with Crippen LogP contribution in [0.5, 0.6) is 23.0 Å². The summed E-state index contributed by atoms with van der Waals surface area (Å²) in [5, 5.41) is 24.9. The molecule has 12 rings (SSSR count). The van der Waals surface area contributed by atoms with Gasteiger partial charge in [-0.1, -0.05) is 127 Å². The molecular formula is C53H39O8P3. The van der Waals surface area contributed by atoms with Crippen molar-refractivity contribution in [1.29, 1.82) is 0 Å². The van der Waals surface area contributed by atoms with Crippen molar-refractivity contribution >= 4 is 38.0 Å². The number of hydrogen-bond donors (Lipinski definition) is 2. The minimum atomic E-state index is -3.97. The Morgan fingerprint density at radius 2 is 1.11 bits per heavy atom. The summed E-state index contributed by atoms with van der Waals surface area (Å²) in [6.07, 6.45) is 4.30. The van der Waals surface area contributed by atoms with E-state index in [4.69, 9.17) is 13.6 Å². The predicted octanol–water partition coefficient (Wildman–Crippen LogP) is 12.4. The van der Waals surface area contributed by atoms with Crippen LogP contribution in [0.15, 0.2) is 198 Å². The molecule has 0 aromatic heterocycles. The van der Waals surface area contributed by atoms with E-state index in [1.165, 1.54) is 0 Å². The van der Waals surface area contributed by atoms with Gasteiger partial charge in [-0.25, -0.2) is 0 Å².